The number of likely N-dealkylation sites (tertiary alicyclic amines) is 1. The van der Waals surface area contributed by atoms with E-state index in [4.69, 9.17) is 37.7 Å². The molecule has 13 nitrogen and oxygen atoms in total. The average Bonchev–Trinajstić information content (AvgIpc) is 3.86. The number of nitrogens with one attached hydrogen (secondary N) is 2. The number of hydrogen-bond acceptors (Lipinski definition) is 11. The molecule has 3 amide bonds. The van der Waals surface area contributed by atoms with Crippen molar-refractivity contribution >= 4 is 58.1 Å². The lowest BCUT2D eigenvalue weighted by atomic mass is 10.1. The third kappa shape index (κ3) is 9.43. The van der Waals surface area contributed by atoms with Crippen molar-refractivity contribution in [3.8, 4) is 28.4 Å². The second-order valence-electron chi connectivity index (χ2n) is 14.0. The molecule has 2 atom stereocenters. The van der Waals surface area contributed by atoms with E-state index in [-0.39, 0.29) is 47.1 Å². The minimum atomic E-state index is -0.713. The lowest BCUT2D eigenvalue weighted by Crippen LogP contribution is -2.43. The number of thiazole rings is 1. The summed E-state index contributed by atoms with van der Waals surface area (Å²) in [6, 6.07) is 10.3. The first-order valence-corrected chi connectivity index (χ1v) is 18.8. The van der Waals surface area contributed by atoms with Gasteiger partial charge in [0.1, 0.15) is 5.60 Å². The molecular formula is C37H41Cl2N7O6S. The summed E-state index contributed by atoms with van der Waals surface area (Å²) in [7, 11) is 1.50. The van der Waals surface area contributed by atoms with Crippen molar-refractivity contribution in [1.82, 2.24) is 30.1 Å². The van der Waals surface area contributed by atoms with Gasteiger partial charge < -0.3 is 30.1 Å². The number of β-amino-alcohol motifs (C(OH)–C–C–N with tert-alkyl or cyclic N) is 1. The Hall–Kier alpha value is -4.34. The molecule has 0 unspecified atom stereocenters. The molecule has 0 spiro atoms. The number of methoxy groups -OCH3 is 1. The van der Waals surface area contributed by atoms with E-state index >= 15 is 0 Å². The molecule has 0 saturated carbocycles. The number of amides is 3. The van der Waals surface area contributed by atoms with Crippen molar-refractivity contribution in [2.45, 2.75) is 70.9 Å². The van der Waals surface area contributed by atoms with E-state index in [0.717, 1.165) is 17.8 Å². The molecule has 2 fully saturated rings. The highest BCUT2D eigenvalue weighted by atomic mass is 35.5. The van der Waals surface area contributed by atoms with Crippen LogP contribution in [0.3, 0.4) is 0 Å². The van der Waals surface area contributed by atoms with Crippen LogP contribution in [-0.4, -0.2) is 92.3 Å². The zero-order valence-corrected chi connectivity index (χ0v) is 32.1. The van der Waals surface area contributed by atoms with Gasteiger partial charge in [0.25, 0.3) is 5.91 Å². The largest absolute Gasteiger partial charge is 0.481 e. The summed E-state index contributed by atoms with van der Waals surface area (Å²) in [4.78, 5) is 56.5. The lowest BCUT2D eigenvalue weighted by molar-refractivity contribution is -0.119. The number of carbonyl (C=O) groups is 3. The van der Waals surface area contributed by atoms with E-state index in [1.165, 1.54) is 18.4 Å². The molecule has 4 aromatic rings. The molecule has 16 heteroatoms. The molecule has 0 radical (unpaired) electrons. The number of aliphatic hydroxyl groups is 1. The standard InChI is InChI=1S/C37H41Cl2N7O6S/c1-37(2,3)52-36(50)46(18-22-9-11-29(48)42-22)17-21-8-10-27(44-34(21)51-4)25-12-14-40-32(31(25)39)26-6-5-7-28(30(26)38)43-33(49)35-41-16-24(53-35)20-45-15-13-23(47)19-45/h5-8,10,12,14,16,22-23,47H,9,11,13,15,17-20H2,1-4H3,(H,42,48)(H,43,49)/t22-,23-/m0/s1. The van der Waals surface area contributed by atoms with Gasteiger partial charge in [-0.1, -0.05) is 35.3 Å². The normalized spacial score (nSPS) is 17.5. The Balaban J connectivity index is 1.21. The summed E-state index contributed by atoms with van der Waals surface area (Å²) in [5.41, 5.74) is 2.22. The number of halogens is 2. The first-order chi connectivity index (χ1) is 25.3. The van der Waals surface area contributed by atoms with E-state index in [1.54, 1.807) is 68.4 Å². The fraction of sp³-hybridized carbons (Fsp3) is 0.405. The van der Waals surface area contributed by atoms with Crippen molar-refractivity contribution in [2.24, 2.45) is 0 Å². The first-order valence-electron chi connectivity index (χ1n) is 17.2. The van der Waals surface area contributed by atoms with Gasteiger partial charge in [0, 0.05) is 72.6 Å². The number of carbonyl (C=O) groups excluding carboxylic acids is 3. The van der Waals surface area contributed by atoms with Crippen molar-refractivity contribution in [3.05, 3.63) is 74.3 Å². The summed E-state index contributed by atoms with van der Waals surface area (Å²) >= 11 is 15.2. The fourth-order valence-corrected chi connectivity index (χ4v) is 7.63. The van der Waals surface area contributed by atoms with Crippen LogP contribution in [-0.2, 0) is 22.6 Å². The molecule has 3 N–H and O–H groups in total. The molecule has 1 aromatic carbocycles. The molecule has 0 aliphatic carbocycles. The van der Waals surface area contributed by atoms with Gasteiger partial charge in [0.05, 0.1) is 46.9 Å². The molecule has 2 aliphatic heterocycles. The predicted octanol–water partition coefficient (Wildman–Crippen LogP) is 6.42. The monoisotopic (exact) mass is 781 g/mol. The van der Waals surface area contributed by atoms with Gasteiger partial charge in [-0.2, -0.15) is 0 Å². The van der Waals surface area contributed by atoms with Gasteiger partial charge in [-0.3, -0.25) is 19.5 Å². The second-order valence-corrected chi connectivity index (χ2v) is 15.9. The van der Waals surface area contributed by atoms with Crippen LogP contribution in [0.5, 0.6) is 5.88 Å². The number of aromatic nitrogens is 3. The van der Waals surface area contributed by atoms with E-state index in [9.17, 15) is 19.5 Å². The van der Waals surface area contributed by atoms with Crippen LogP contribution in [0.2, 0.25) is 10.0 Å². The van der Waals surface area contributed by atoms with Gasteiger partial charge in [-0.15, -0.1) is 11.3 Å². The van der Waals surface area contributed by atoms with Crippen LogP contribution in [0.4, 0.5) is 10.5 Å². The van der Waals surface area contributed by atoms with Gasteiger partial charge in [0.2, 0.25) is 11.8 Å². The topological polar surface area (TPSA) is 159 Å². The Bertz CT molecular complexity index is 2000. The van der Waals surface area contributed by atoms with Crippen molar-refractivity contribution < 1.29 is 29.0 Å². The molecule has 0 bridgehead atoms. The highest BCUT2D eigenvalue weighted by molar-refractivity contribution is 7.13. The quantitative estimate of drug-likeness (QED) is 0.155. The molecule has 53 heavy (non-hydrogen) atoms. The summed E-state index contributed by atoms with van der Waals surface area (Å²) in [5, 5.41) is 16.4. The molecule has 3 aromatic heterocycles. The maximum Gasteiger partial charge on any atom is 0.410 e. The third-order valence-corrected chi connectivity index (χ3v) is 10.5. The van der Waals surface area contributed by atoms with Crippen molar-refractivity contribution in [1.29, 1.82) is 0 Å². The highest BCUT2D eigenvalue weighted by Crippen LogP contribution is 2.40. The van der Waals surface area contributed by atoms with Gasteiger partial charge in [-0.05, 0) is 57.9 Å². The summed E-state index contributed by atoms with van der Waals surface area (Å²) in [5.74, 6) is -0.161. The second kappa shape index (κ2) is 16.4. The Morgan fingerprint density at radius 1 is 1.11 bits per heavy atom. The molecular weight excluding hydrogens is 741 g/mol. The average molecular weight is 783 g/mol. The number of aliphatic hydroxyl groups excluding tert-OH is 1. The van der Waals surface area contributed by atoms with E-state index in [1.807, 2.05) is 6.07 Å². The Morgan fingerprint density at radius 3 is 2.62 bits per heavy atom. The zero-order valence-electron chi connectivity index (χ0n) is 29.8. The number of hydrogen-bond donors (Lipinski definition) is 3. The summed E-state index contributed by atoms with van der Waals surface area (Å²) in [6.07, 6.45) is 4.20. The number of benzene rings is 1. The Labute approximate surface area is 321 Å². The number of rotatable bonds is 11. The minimum absolute atomic E-state index is 0.0464. The van der Waals surface area contributed by atoms with Crippen LogP contribution in [0, 0.1) is 0 Å². The van der Waals surface area contributed by atoms with E-state index in [0.29, 0.717) is 64.7 Å². The third-order valence-electron chi connectivity index (χ3n) is 8.71. The molecule has 2 aliphatic rings. The highest BCUT2D eigenvalue weighted by Gasteiger charge is 2.30. The summed E-state index contributed by atoms with van der Waals surface area (Å²) < 4.78 is 11.4. The summed E-state index contributed by atoms with van der Waals surface area (Å²) in [6.45, 7) is 7.81. The molecule has 5 heterocycles. The first kappa shape index (κ1) is 38.4. The lowest BCUT2D eigenvalue weighted by Gasteiger charge is -2.29. The number of anilines is 1. The van der Waals surface area contributed by atoms with Crippen LogP contribution >= 0.6 is 34.5 Å². The SMILES string of the molecule is COc1nc(-c2ccnc(-c3cccc(NC(=O)c4ncc(CN5CC[C@H](O)C5)s4)c3Cl)c2Cl)ccc1CN(C[C@@H]1CCC(=O)N1)C(=O)OC(C)(C)C. The van der Waals surface area contributed by atoms with Crippen LogP contribution in [0.15, 0.2) is 48.8 Å². The van der Waals surface area contributed by atoms with Gasteiger partial charge >= 0.3 is 6.09 Å². The van der Waals surface area contributed by atoms with Gasteiger partial charge in [0.15, 0.2) is 5.01 Å². The van der Waals surface area contributed by atoms with Crippen LogP contribution < -0.4 is 15.4 Å². The Kier molecular flexibility index (Phi) is 11.8. The smallest absolute Gasteiger partial charge is 0.410 e. The molecule has 280 valence electrons. The fourth-order valence-electron chi connectivity index (χ4n) is 6.21. The van der Waals surface area contributed by atoms with Crippen LogP contribution in [0.25, 0.3) is 22.5 Å². The van der Waals surface area contributed by atoms with Gasteiger partial charge in [-0.25, -0.2) is 14.8 Å². The zero-order chi connectivity index (χ0) is 37.9. The van der Waals surface area contributed by atoms with Crippen molar-refractivity contribution in [3.63, 3.8) is 0 Å². The maximum atomic E-state index is 13.2. The molecule has 6 rings (SSSR count). The van der Waals surface area contributed by atoms with E-state index in [2.05, 4.69) is 25.5 Å². The van der Waals surface area contributed by atoms with Crippen molar-refractivity contribution in [2.75, 3.05) is 32.1 Å². The Morgan fingerprint density at radius 2 is 1.92 bits per heavy atom. The minimum Gasteiger partial charge on any atom is -0.481 e. The maximum absolute atomic E-state index is 13.2. The predicted molar refractivity (Wildman–Crippen MR) is 203 cm³/mol. The number of ether oxygens (including phenoxy) is 2. The molecule has 2 saturated heterocycles. The number of pyridine rings is 2. The van der Waals surface area contributed by atoms with E-state index < -0.39 is 17.6 Å². The van der Waals surface area contributed by atoms with Crippen LogP contribution in [0.1, 0.15) is 60.3 Å². The number of nitrogens with zero attached hydrogens (tertiary/aromatic N) is 5.